The number of amides is 1. The van der Waals surface area contributed by atoms with Crippen LogP contribution in [0, 0.1) is 3.57 Å². The highest BCUT2D eigenvalue weighted by atomic mass is 127. The van der Waals surface area contributed by atoms with Crippen LogP contribution < -0.4 is 5.32 Å². The van der Waals surface area contributed by atoms with Crippen molar-refractivity contribution in [3.63, 3.8) is 0 Å². The lowest BCUT2D eigenvalue weighted by Crippen LogP contribution is -2.33. The fraction of sp³-hybridized carbons (Fsp3) is 0.353. The smallest absolute Gasteiger partial charge is 0.410 e. The van der Waals surface area contributed by atoms with Gasteiger partial charge in [0, 0.05) is 22.8 Å². The van der Waals surface area contributed by atoms with Gasteiger partial charge >= 0.3 is 6.09 Å². The summed E-state index contributed by atoms with van der Waals surface area (Å²) < 4.78 is 6.35. The molecule has 0 bridgehead atoms. The van der Waals surface area contributed by atoms with Gasteiger partial charge in [0.15, 0.2) is 5.82 Å². The van der Waals surface area contributed by atoms with Crippen LogP contribution in [0.25, 0.3) is 0 Å². The number of nitrogens with one attached hydrogen (secondary N) is 1. The van der Waals surface area contributed by atoms with Gasteiger partial charge in [-0.15, -0.1) is 0 Å². The van der Waals surface area contributed by atoms with Gasteiger partial charge in [0.1, 0.15) is 10.6 Å². The average molecular weight is 509 g/mol. The SMILES string of the molecule is CN(Cc1ccc(Nc2nc(Cl)ncc2Cl)cc1I)C(=O)OC(C)(C)C. The number of carbonyl (C=O) groups excluding carboxylic acids is 1. The molecule has 0 aliphatic heterocycles. The molecule has 0 saturated carbocycles. The summed E-state index contributed by atoms with van der Waals surface area (Å²) in [4.78, 5) is 21.5. The Bertz CT molecular complexity index is 812. The van der Waals surface area contributed by atoms with Gasteiger partial charge in [0.05, 0.1) is 6.20 Å². The zero-order chi connectivity index (χ0) is 19.5. The van der Waals surface area contributed by atoms with Crippen LogP contribution in [0.3, 0.4) is 0 Å². The third-order valence-electron chi connectivity index (χ3n) is 3.14. The number of nitrogens with zero attached hydrogens (tertiary/aromatic N) is 3. The molecular weight excluding hydrogens is 490 g/mol. The molecule has 0 radical (unpaired) electrons. The van der Waals surface area contributed by atoms with E-state index in [9.17, 15) is 4.79 Å². The molecule has 0 unspecified atom stereocenters. The Morgan fingerprint density at radius 3 is 2.65 bits per heavy atom. The molecule has 1 N–H and O–H groups in total. The molecule has 1 aromatic carbocycles. The Morgan fingerprint density at radius 1 is 1.35 bits per heavy atom. The molecule has 26 heavy (non-hydrogen) atoms. The summed E-state index contributed by atoms with van der Waals surface area (Å²) in [6.45, 7) is 5.96. The van der Waals surface area contributed by atoms with E-state index in [1.165, 1.54) is 11.1 Å². The molecule has 0 aliphatic rings. The molecule has 1 heterocycles. The van der Waals surface area contributed by atoms with Gasteiger partial charge < -0.3 is 15.0 Å². The van der Waals surface area contributed by atoms with Crippen LogP contribution in [0.1, 0.15) is 26.3 Å². The minimum absolute atomic E-state index is 0.113. The molecule has 6 nitrogen and oxygen atoms in total. The van der Waals surface area contributed by atoms with Crippen molar-refractivity contribution < 1.29 is 9.53 Å². The molecule has 0 atom stereocenters. The maximum Gasteiger partial charge on any atom is 0.410 e. The lowest BCUT2D eigenvalue weighted by atomic mass is 10.2. The zero-order valence-corrected chi connectivity index (χ0v) is 18.5. The normalized spacial score (nSPS) is 11.2. The summed E-state index contributed by atoms with van der Waals surface area (Å²) in [5, 5.41) is 3.60. The minimum Gasteiger partial charge on any atom is -0.444 e. The number of hydrogen-bond donors (Lipinski definition) is 1. The highest BCUT2D eigenvalue weighted by Gasteiger charge is 2.20. The van der Waals surface area contributed by atoms with E-state index in [-0.39, 0.29) is 11.4 Å². The van der Waals surface area contributed by atoms with E-state index in [0.29, 0.717) is 17.4 Å². The lowest BCUT2D eigenvalue weighted by molar-refractivity contribution is 0.0285. The Kier molecular flexibility index (Phi) is 6.92. The molecule has 140 valence electrons. The molecule has 1 aromatic heterocycles. The van der Waals surface area contributed by atoms with Crippen LogP contribution in [0.4, 0.5) is 16.3 Å². The van der Waals surface area contributed by atoms with Crippen molar-refractivity contribution in [2.45, 2.75) is 32.9 Å². The first-order chi connectivity index (χ1) is 12.0. The van der Waals surface area contributed by atoms with Gasteiger partial charge in [-0.1, -0.05) is 17.7 Å². The Balaban J connectivity index is 2.09. The predicted molar refractivity (Wildman–Crippen MR) is 112 cm³/mol. The third kappa shape index (κ3) is 6.14. The summed E-state index contributed by atoms with van der Waals surface area (Å²) in [5.74, 6) is 0.432. The molecular formula is C17H19Cl2IN4O2. The average Bonchev–Trinajstić information content (AvgIpc) is 2.52. The first-order valence-electron chi connectivity index (χ1n) is 7.73. The molecule has 0 aliphatic carbocycles. The molecule has 2 aromatic rings. The summed E-state index contributed by atoms with van der Waals surface area (Å²) >= 11 is 14.1. The third-order valence-corrected chi connectivity index (χ3v) is 4.61. The second kappa shape index (κ2) is 8.58. The Labute approximate surface area is 176 Å². The molecule has 0 fully saturated rings. The fourth-order valence-corrected chi connectivity index (χ4v) is 2.94. The van der Waals surface area contributed by atoms with Crippen molar-refractivity contribution >= 4 is 63.4 Å². The summed E-state index contributed by atoms with van der Waals surface area (Å²) in [5.41, 5.74) is 1.27. The fourth-order valence-electron chi connectivity index (χ4n) is 1.98. The van der Waals surface area contributed by atoms with Gasteiger partial charge in [-0.05, 0) is 72.7 Å². The first kappa shape index (κ1) is 21.0. The highest BCUT2D eigenvalue weighted by Crippen LogP contribution is 2.26. The molecule has 2 rings (SSSR count). The molecule has 0 saturated heterocycles. The number of halogens is 3. The monoisotopic (exact) mass is 508 g/mol. The van der Waals surface area contributed by atoms with Crippen molar-refractivity contribution in [3.05, 3.63) is 43.8 Å². The van der Waals surface area contributed by atoms with Crippen LogP contribution in [0.2, 0.25) is 10.3 Å². The molecule has 1 amide bonds. The molecule has 0 spiro atoms. The predicted octanol–water partition coefficient (Wildman–Crippen LogP) is 5.50. The van der Waals surface area contributed by atoms with Crippen LogP contribution in [-0.4, -0.2) is 33.6 Å². The maximum absolute atomic E-state index is 12.1. The van der Waals surface area contributed by atoms with Crippen molar-refractivity contribution in [3.8, 4) is 0 Å². The zero-order valence-electron chi connectivity index (χ0n) is 14.8. The number of rotatable bonds is 4. The van der Waals surface area contributed by atoms with Crippen LogP contribution in [-0.2, 0) is 11.3 Å². The standard InChI is InChI=1S/C17H19Cl2IN4O2/c1-17(2,3)26-16(25)24(4)9-10-5-6-11(7-13(10)20)22-14-12(18)8-21-15(19)23-14/h5-8H,9H2,1-4H3,(H,21,22,23). The van der Waals surface area contributed by atoms with Crippen LogP contribution in [0.5, 0.6) is 0 Å². The van der Waals surface area contributed by atoms with E-state index < -0.39 is 5.60 Å². The van der Waals surface area contributed by atoms with Gasteiger partial charge in [-0.25, -0.2) is 9.78 Å². The van der Waals surface area contributed by atoms with E-state index in [4.69, 9.17) is 27.9 Å². The Hall–Kier alpha value is -1.32. The maximum atomic E-state index is 12.1. The van der Waals surface area contributed by atoms with Gasteiger partial charge in [-0.2, -0.15) is 4.98 Å². The summed E-state index contributed by atoms with van der Waals surface area (Å²) in [6, 6.07) is 5.75. The minimum atomic E-state index is -0.523. The number of benzene rings is 1. The van der Waals surface area contributed by atoms with Crippen molar-refractivity contribution in [1.29, 1.82) is 0 Å². The van der Waals surface area contributed by atoms with Crippen molar-refractivity contribution in [1.82, 2.24) is 14.9 Å². The van der Waals surface area contributed by atoms with E-state index in [2.05, 4.69) is 37.9 Å². The van der Waals surface area contributed by atoms with E-state index in [1.54, 1.807) is 7.05 Å². The van der Waals surface area contributed by atoms with E-state index in [0.717, 1.165) is 14.8 Å². The first-order valence-corrected chi connectivity index (χ1v) is 9.56. The topological polar surface area (TPSA) is 67.3 Å². The van der Waals surface area contributed by atoms with Gasteiger partial charge in [0.25, 0.3) is 0 Å². The quantitative estimate of drug-likeness (QED) is 0.436. The largest absolute Gasteiger partial charge is 0.444 e. The van der Waals surface area contributed by atoms with Crippen LogP contribution >= 0.6 is 45.8 Å². The van der Waals surface area contributed by atoms with Crippen molar-refractivity contribution in [2.24, 2.45) is 0 Å². The number of ether oxygens (including phenoxy) is 1. The second-order valence-electron chi connectivity index (χ2n) is 6.60. The van der Waals surface area contributed by atoms with Crippen LogP contribution in [0.15, 0.2) is 24.4 Å². The van der Waals surface area contributed by atoms with Gasteiger partial charge in [-0.3, -0.25) is 0 Å². The number of hydrogen-bond acceptors (Lipinski definition) is 5. The Morgan fingerprint density at radius 2 is 2.04 bits per heavy atom. The summed E-state index contributed by atoms with van der Waals surface area (Å²) in [6.07, 6.45) is 1.08. The van der Waals surface area contributed by atoms with E-state index >= 15 is 0 Å². The molecule has 9 heteroatoms. The lowest BCUT2D eigenvalue weighted by Gasteiger charge is -2.25. The van der Waals surface area contributed by atoms with Crippen molar-refractivity contribution in [2.75, 3.05) is 12.4 Å². The number of carbonyl (C=O) groups is 1. The van der Waals surface area contributed by atoms with E-state index in [1.807, 2.05) is 39.0 Å². The number of anilines is 2. The number of aromatic nitrogens is 2. The summed E-state index contributed by atoms with van der Waals surface area (Å²) in [7, 11) is 1.71. The van der Waals surface area contributed by atoms with Gasteiger partial charge in [0.2, 0.25) is 5.28 Å². The highest BCUT2D eigenvalue weighted by molar-refractivity contribution is 14.1. The second-order valence-corrected chi connectivity index (χ2v) is 8.51.